The molecule has 1 unspecified atom stereocenters. The van der Waals surface area contributed by atoms with Crippen molar-refractivity contribution in [3.05, 3.63) is 29.3 Å². The second kappa shape index (κ2) is 5.32. The minimum absolute atomic E-state index is 0.0236. The predicted octanol–water partition coefficient (Wildman–Crippen LogP) is 2.05. The number of rotatable bonds is 2. The smallest absolute Gasteiger partial charge is 0.150 e. The summed E-state index contributed by atoms with van der Waals surface area (Å²) in [7, 11) is 0. The Morgan fingerprint density at radius 1 is 1.39 bits per heavy atom. The third kappa shape index (κ3) is 2.44. The molecule has 0 aromatic heterocycles. The number of hydrogen-bond acceptors (Lipinski definition) is 3. The van der Waals surface area contributed by atoms with E-state index < -0.39 is 11.6 Å². The first kappa shape index (κ1) is 12.8. The first-order valence-corrected chi connectivity index (χ1v) is 5.90. The standard InChI is InChI=1S/C13H14F2N2O/c14-11-4-10(6-16)5-12(15)13(11)17-3-1-2-9(7-17)8-18/h4-5,9,18H,1-3,7-8H2. The molecule has 3 nitrogen and oxygen atoms in total. The van der Waals surface area contributed by atoms with Crippen LogP contribution in [0.3, 0.4) is 0 Å². The molecular weight excluding hydrogens is 238 g/mol. The molecule has 0 amide bonds. The van der Waals surface area contributed by atoms with Crippen LogP contribution in [-0.2, 0) is 0 Å². The predicted molar refractivity (Wildman–Crippen MR) is 63.1 cm³/mol. The van der Waals surface area contributed by atoms with Crippen molar-refractivity contribution < 1.29 is 13.9 Å². The molecule has 5 heteroatoms. The Hall–Kier alpha value is -1.67. The SMILES string of the molecule is N#Cc1cc(F)c(N2CCCC(CO)C2)c(F)c1. The van der Waals surface area contributed by atoms with Crippen molar-refractivity contribution in [3.8, 4) is 6.07 Å². The number of halogens is 2. The molecular formula is C13H14F2N2O. The zero-order valence-corrected chi connectivity index (χ0v) is 9.87. The summed E-state index contributed by atoms with van der Waals surface area (Å²) in [4.78, 5) is 1.61. The zero-order chi connectivity index (χ0) is 13.1. The van der Waals surface area contributed by atoms with Crippen LogP contribution in [0.4, 0.5) is 14.5 Å². The molecule has 0 saturated carbocycles. The van der Waals surface area contributed by atoms with Gasteiger partial charge in [0.1, 0.15) is 5.69 Å². The van der Waals surface area contributed by atoms with Gasteiger partial charge < -0.3 is 10.0 Å². The van der Waals surface area contributed by atoms with Crippen LogP contribution in [0.2, 0.25) is 0 Å². The highest BCUT2D eigenvalue weighted by atomic mass is 19.1. The third-order valence-corrected chi connectivity index (χ3v) is 3.24. The molecule has 1 saturated heterocycles. The van der Waals surface area contributed by atoms with Gasteiger partial charge in [-0.1, -0.05) is 0 Å². The van der Waals surface area contributed by atoms with Gasteiger partial charge in [-0.25, -0.2) is 8.78 Å². The molecule has 1 aliphatic heterocycles. The average molecular weight is 252 g/mol. The molecule has 0 radical (unpaired) electrons. The van der Waals surface area contributed by atoms with Crippen LogP contribution < -0.4 is 4.90 Å². The van der Waals surface area contributed by atoms with Crippen LogP contribution in [0.1, 0.15) is 18.4 Å². The van der Waals surface area contributed by atoms with Crippen molar-refractivity contribution in [1.82, 2.24) is 0 Å². The van der Waals surface area contributed by atoms with Crippen LogP contribution in [0.25, 0.3) is 0 Å². The highest BCUT2D eigenvalue weighted by molar-refractivity contribution is 5.53. The lowest BCUT2D eigenvalue weighted by Gasteiger charge is -2.33. The molecule has 0 bridgehead atoms. The maximum absolute atomic E-state index is 13.8. The van der Waals surface area contributed by atoms with Gasteiger partial charge >= 0.3 is 0 Å². The van der Waals surface area contributed by atoms with Crippen LogP contribution in [0.5, 0.6) is 0 Å². The minimum atomic E-state index is -0.717. The fourth-order valence-corrected chi connectivity index (χ4v) is 2.35. The summed E-state index contributed by atoms with van der Waals surface area (Å²) in [5.74, 6) is -1.39. The molecule has 0 aliphatic carbocycles. The van der Waals surface area contributed by atoms with Crippen LogP contribution in [0, 0.1) is 28.9 Å². The van der Waals surface area contributed by atoms with Gasteiger partial charge in [0.15, 0.2) is 11.6 Å². The Labute approximate surface area is 104 Å². The fraction of sp³-hybridized carbons (Fsp3) is 0.462. The van der Waals surface area contributed by atoms with Crippen LogP contribution in [0.15, 0.2) is 12.1 Å². The van der Waals surface area contributed by atoms with Gasteiger partial charge in [-0.2, -0.15) is 5.26 Å². The number of aliphatic hydroxyl groups excluding tert-OH is 1. The molecule has 1 aromatic carbocycles. The van der Waals surface area contributed by atoms with E-state index in [0.717, 1.165) is 25.0 Å². The highest BCUT2D eigenvalue weighted by Gasteiger charge is 2.24. The zero-order valence-electron chi connectivity index (χ0n) is 9.87. The molecule has 96 valence electrons. The van der Waals surface area contributed by atoms with E-state index in [9.17, 15) is 8.78 Å². The molecule has 1 N–H and O–H groups in total. The maximum atomic E-state index is 13.8. The first-order valence-electron chi connectivity index (χ1n) is 5.90. The molecule has 1 aliphatic rings. The first-order chi connectivity index (χ1) is 8.65. The van der Waals surface area contributed by atoms with Crippen molar-refractivity contribution in [3.63, 3.8) is 0 Å². The molecule has 1 aromatic rings. The fourth-order valence-electron chi connectivity index (χ4n) is 2.35. The topological polar surface area (TPSA) is 47.3 Å². The largest absolute Gasteiger partial charge is 0.396 e. The molecule has 2 rings (SSSR count). The van der Waals surface area contributed by atoms with Crippen LogP contribution >= 0.6 is 0 Å². The normalized spacial score (nSPS) is 19.7. The lowest BCUT2D eigenvalue weighted by atomic mass is 9.98. The molecule has 1 fully saturated rings. The van der Waals surface area contributed by atoms with Gasteiger partial charge in [0.05, 0.1) is 11.6 Å². The lowest BCUT2D eigenvalue weighted by Crippen LogP contribution is -2.37. The van der Waals surface area contributed by atoms with E-state index in [1.165, 1.54) is 0 Å². The molecule has 18 heavy (non-hydrogen) atoms. The summed E-state index contributed by atoms with van der Waals surface area (Å²) < 4.78 is 27.6. The molecule has 1 atom stereocenters. The Bertz CT molecular complexity index is 461. The summed E-state index contributed by atoms with van der Waals surface area (Å²) in [6.07, 6.45) is 1.66. The van der Waals surface area contributed by atoms with Crippen molar-refractivity contribution in [1.29, 1.82) is 5.26 Å². The Morgan fingerprint density at radius 2 is 2.06 bits per heavy atom. The van der Waals surface area contributed by atoms with Crippen LogP contribution in [-0.4, -0.2) is 24.8 Å². The number of hydrogen-bond donors (Lipinski definition) is 1. The van der Waals surface area contributed by atoms with Gasteiger partial charge in [-0.15, -0.1) is 0 Å². The Balaban J connectivity index is 2.30. The third-order valence-electron chi connectivity index (χ3n) is 3.24. The van der Waals surface area contributed by atoms with Crippen molar-refractivity contribution in [2.24, 2.45) is 5.92 Å². The number of nitriles is 1. The van der Waals surface area contributed by atoms with E-state index in [2.05, 4.69) is 0 Å². The van der Waals surface area contributed by atoms with Crippen molar-refractivity contribution >= 4 is 5.69 Å². The summed E-state index contributed by atoms with van der Waals surface area (Å²) in [6.45, 7) is 1.03. The van der Waals surface area contributed by atoms with E-state index in [1.54, 1.807) is 11.0 Å². The van der Waals surface area contributed by atoms with Gasteiger partial charge in [-0.05, 0) is 30.9 Å². The average Bonchev–Trinajstić information content (AvgIpc) is 2.38. The van der Waals surface area contributed by atoms with Gasteiger partial charge in [-0.3, -0.25) is 0 Å². The van der Waals surface area contributed by atoms with Gasteiger partial charge in [0.2, 0.25) is 0 Å². The van der Waals surface area contributed by atoms with Crippen molar-refractivity contribution in [2.75, 3.05) is 24.6 Å². The second-order valence-electron chi connectivity index (χ2n) is 4.54. The van der Waals surface area contributed by atoms with E-state index in [0.29, 0.717) is 13.1 Å². The minimum Gasteiger partial charge on any atom is -0.396 e. The summed E-state index contributed by atoms with van der Waals surface area (Å²) >= 11 is 0. The summed E-state index contributed by atoms with van der Waals surface area (Å²) in [6, 6.07) is 3.81. The number of aliphatic hydroxyl groups is 1. The van der Waals surface area contributed by atoms with E-state index in [-0.39, 0.29) is 23.8 Å². The number of benzene rings is 1. The second-order valence-corrected chi connectivity index (χ2v) is 4.54. The molecule has 0 spiro atoms. The number of nitrogens with zero attached hydrogens (tertiary/aromatic N) is 2. The molecule has 1 heterocycles. The maximum Gasteiger partial charge on any atom is 0.150 e. The summed E-state index contributed by atoms with van der Waals surface area (Å²) in [5, 5.41) is 17.8. The van der Waals surface area contributed by atoms with E-state index in [4.69, 9.17) is 10.4 Å². The summed E-state index contributed by atoms with van der Waals surface area (Å²) in [5.41, 5.74) is -0.114. The Morgan fingerprint density at radius 3 is 2.61 bits per heavy atom. The Kier molecular flexibility index (Phi) is 3.78. The van der Waals surface area contributed by atoms with E-state index in [1.807, 2.05) is 0 Å². The number of piperidine rings is 1. The quantitative estimate of drug-likeness (QED) is 0.876. The highest BCUT2D eigenvalue weighted by Crippen LogP contribution is 2.29. The lowest BCUT2D eigenvalue weighted by molar-refractivity contribution is 0.208. The monoisotopic (exact) mass is 252 g/mol. The van der Waals surface area contributed by atoms with Gasteiger partial charge in [0.25, 0.3) is 0 Å². The number of anilines is 1. The van der Waals surface area contributed by atoms with Crippen molar-refractivity contribution in [2.45, 2.75) is 12.8 Å². The van der Waals surface area contributed by atoms with Gasteiger partial charge in [0, 0.05) is 19.7 Å². The van der Waals surface area contributed by atoms with E-state index >= 15 is 0 Å².